The first-order chi connectivity index (χ1) is 12.3. The summed E-state index contributed by atoms with van der Waals surface area (Å²) in [6, 6.07) is 2.91. The predicted octanol–water partition coefficient (Wildman–Crippen LogP) is 2.54. The number of carbonyl (C=O) groups excluding carboxylic acids is 2. The highest BCUT2D eigenvalue weighted by molar-refractivity contribution is 6.32. The largest absolute Gasteiger partial charge is 0.493 e. The van der Waals surface area contributed by atoms with Gasteiger partial charge in [0.05, 0.1) is 36.5 Å². The number of morpholine rings is 1. The van der Waals surface area contributed by atoms with Gasteiger partial charge in [-0.3, -0.25) is 4.79 Å². The van der Waals surface area contributed by atoms with Crippen molar-refractivity contribution < 1.29 is 28.5 Å². The number of halogens is 1. The molecule has 1 aliphatic rings. The number of hydrogen-bond acceptors (Lipinski definition) is 6. The number of esters is 1. The fourth-order valence-corrected chi connectivity index (χ4v) is 3.07. The second-order valence-corrected chi connectivity index (χ2v) is 6.46. The summed E-state index contributed by atoms with van der Waals surface area (Å²) in [5.41, 5.74) is 0.187. The summed E-state index contributed by atoms with van der Waals surface area (Å²) < 4.78 is 21.3. The quantitative estimate of drug-likeness (QED) is 0.700. The van der Waals surface area contributed by atoms with E-state index in [1.54, 1.807) is 4.90 Å². The Hall–Kier alpha value is -1.99. The smallest absolute Gasteiger partial charge is 0.338 e. The van der Waals surface area contributed by atoms with E-state index in [-0.39, 0.29) is 35.3 Å². The van der Waals surface area contributed by atoms with E-state index < -0.39 is 5.97 Å². The van der Waals surface area contributed by atoms with Crippen LogP contribution in [0, 0.1) is 0 Å². The molecule has 0 aliphatic carbocycles. The summed E-state index contributed by atoms with van der Waals surface area (Å²) >= 11 is 6.15. The van der Waals surface area contributed by atoms with E-state index in [0.717, 1.165) is 0 Å². The molecule has 1 saturated heterocycles. The third-order valence-corrected chi connectivity index (χ3v) is 4.13. The maximum Gasteiger partial charge on any atom is 0.338 e. The number of benzene rings is 1. The zero-order valence-electron chi connectivity index (χ0n) is 15.4. The van der Waals surface area contributed by atoms with E-state index in [1.807, 2.05) is 20.8 Å². The van der Waals surface area contributed by atoms with Gasteiger partial charge in [0.15, 0.2) is 18.1 Å². The molecular formula is C18H24ClNO6. The van der Waals surface area contributed by atoms with Crippen LogP contribution in [-0.2, 0) is 14.3 Å². The van der Waals surface area contributed by atoms with Gasteiger partial charge in [-0.1, -0.05) is 11.6 Å². The normalized spacial score (nSPS) is 19.8. The van der Waals surface area contributed by atoms with Crippen LogP contribution < -0.4 is 9.47 Å². The maximum atomic E-state index is 12.3. The molecule has 7 nitrogen and oxygen atoms in total. The zero-order valence-corrected chi connectivity index (χ0v) is 16.2. The van der Waals surface area contributed by atoms with Crippen LogP contribution in [-0.4, -0.2) is 62.4 Å². The zero-order chi connectivity index (χ0) is 19.3. The van der Waals surface area contributed by atoms with Crippen molar-refractivity contribution in [1.29, 1.82) is 0 Å². The first-order valence-electron chi connectivity index (χ1n) is 8.46. The number of hydrogen-bond donors (Lipinski definition) is 0. The fourth-order valence-electron chi connectivity index (χ4n) is 2.81. The average Bonchev–Trinajstić information content (AvgIpc) is 2.60. The summed E-state index contributed by atoms with van der Waals surface area (Å²) in [7, 11) is 1.45. The van der Waals surface area contributed by atoms with Crippen LogP contribution in [0.15, 0.2) is 12.1 Å². The Morgan fingerprint density at radius 2 is 1.92 bits per heavy atom. The summed E-state index contributed by atoms with van der Waals surface area (Å²) in [6.07, 6.45) is -0.0971. The predicted molar refractivity (Wildman–Crippen MR) is 96.0 cm³/mol. The van der Waals surface area contributed by atoms with Gasteiger partial charge in [-0.2, -0.15) is 0 Å². The third-order valence-electron chi connectivity index (χ3n) is 3.85. The van der Waals surface area contributed by atoms with Gasteiger partial charge in [-0.15, -0.1) is 0 Å². The minimum absolute atomic E-state index is 0.0485. The second-order valence-electron chi connectivity index (χ2n) is 6.05. The molecule has 8 heteroatoms. The molecule has 0 radical (unpaired) electrons. The Morgan fingerprint density at radius 3 is 2.50 bits per heavy atom. The van der Waals surface area contributed by atoms with E-state index in [4.69, 9.17) is 30.5 Å². The minimum atomic E-state index is -0.657. The molecule has 1 amide bonds. The van der Waals surface area contributed by atoms with Gasteiger partial charge in [0, 0.05) is 13.1 Å². The summed E-state index contributed by atoms with van der Waals surface area (Å²) in [5, 5.41) is 0.236. The fraction of sp³-hybridized carbons (Fsp3) is 0.556. The maximum absolute atomic E-state index is 12.3. The van der Waals surface area contributed by atoms with Gasteiger partial charge in [0.2, 0.25) is 0 Å². The van der Waals surface area contributed by atoms with Crippen molar-refractivity contribution >= 4 is 23.5 Å². The Bertz CT molecular complexity index is 655. The molecule has 0 N–H and O–H groups in total. The first kappa shape index (κ1) is 20.3. The van der Waals surface area contributed by atoms with Crippen molar-refractivity contribution in [2.45, 2.75) is 33.0 Å². The Balaban J connectivity index is 2.01. The Kier molecular flexibility index (Phi) is 7.11. The highest BCUT2D eigenvalue weighted by Gasteiger charge is 2.26. The van der Waals surface area contributed by atoms with Crippen molar-refractivity contribution in [3.63, 3.8) is 0 Å². The van der Waals surface area contributed by atoms with Crippen molar-refractivity contribution in [2.75, 3.05) is 33.4 Å². The average molecular weight is 386 g/mol. The third kappa shape index (κ3) is 5.02. The highest BCUT2D eigenvalue weighted by Crippen LogP contribution is 2.36. The van der Waals surface area contributed by atoms with Crippen LogP contribution in [0.3, 0.4) is 0 Å². The minimum Gasteiger partial charge on any atom is -0.493 e. The van der Waals surface area contributed by atoms with Crippen LogP contribution in [0.25, 0.3) is 0 Å². The summed E-state index contributed by atoms with van der Waals surface area (Å²) in [4.78, 5) is 26.2. The first-order valence-corrected chi connectivity index (χ1v) is 8.84. The van der Waals surface area contributed by atoms with E-state index in [9.17, 15) is 9.59 Å². The van der Waals surface area contributed by atoms with Crippen molar-refractivity contribution in [3.05, 3.63) is 22.7 Å². The van der Waals surface area contributed by atoms with Crippen LogP contribution >= 0.6 is 11.6 Å². The van der Waals surface area contributed by atoms with E-state index >= 15 is 0 Å². The number of ether oxygens (including phenoxy) is 4. The van der Waals surface area contributed by atoms with E-state index in [2.05, 4.69) is 0 Å². The molecule has 2 rings (SSSR count). The summed E-state index contributed by atoms with van der Waals surface area (Å²) in [5.74, 6) is -0.227. The van der Waals surface area contributed by atoms with Crippen LogP contribution in [0.5, 0.6) is 11.5 Å². The van der Waals surface area contributed by atoms with Gasteiger partial charge in [0.25, 0.3) is 5.91 Å². The van der Waals surface area contributed by atoms with Crippen LogP contribution in [0.2, 0.25) is 5.02 Å². The van der Waals surface area contributed by atoms with Crippen molar-refractivity contribution in [2.24, 2.45) is 0 Å². The molecule has 26 heavy (non-hydrogen) atoms. The Labute approximate surface area is 158 Å². The van der Waals surface area contributed by atoms with Gasteiger partial charge in [-0.25, -0.2) is 4.79 Å². The van der Waals surface area contributed by atoms with E-state index in [0.29, 0.717) is 31.2 Å². The lowest BCUT2D eigenvalue weighted by atomic mass is 10.2. The second kappa shape index (κ2) is 9.09. The number of methoxy groups -OCH3 is 1. The van der Waals surface area contributed by atoms with Crippen LogP contribution in [0.1, 0.15) is 31.1 Å². The van der Waals surface area contributed by atoms with Gasteiger partial charge in [0.1, 0.15) is 0 Å². The highest BCUT2D eigenvalue weighted by atomic mass is 35.5. The molecule has 1 aromatic rings. The van der Waals surface area contributed by atoms with Crippen molar-refractivity contribution in [1.82, 2.24) is 4.90 Å². The van der Waals surface area contributed by atoms with E-state index in [1.165, 1.54) is 19.2 Å². The van der Waals surface area contributed by atoms with Crippen LogP contribution in [0.4, 0.5) is 0 Å². The molecule has 0 spiro atoms. The number of rotatable bonds is 6. The molecule has 0 unspecified atom stereocenters. The van der Waals surface area contributed by atoms with Gasteiger partial charge >= 0.3 is 5.97 Å². The molecule has 1 aliphatic heterocycles. The molecular weight excluding hydrogens is 362 g/mol. The molecule has 1 fully saturated rings. The Morgan fingerprint density at radius 1 is 1.27 bits per heavy atom. The van der Waals surface area contributed by atoms with Gasteiger partial charge in [-0.05, 0) is 32.9 Å². The molecule has 0 saturated carbocycles. The molecule has 1 heterocycles. The number of amides is 1. The monoisotopic (exact) mass is 385 g/mol. The molecule has 0 aromatic heterocycles. The van der Waals surface area contributed by atoms with Gasteiger partial charge < -0.3 is 23.8 Å². The SMILES string of the molecule is CCOc1c(Cl)cc(C(=O)OCC(=O)N2C[C@H](C)O[C@@H](C)C2)cc1OC. The lowest BCUT2D eigenvalue weighted by molar-refractivity contribution is -0.146. The topological polar surface area (TPSA) is 74.3 Å². The number of carbonyl (C=O) groups is 2. The molecule has 1 aromatic carbocycles. The lowest BCUT2D eigenvalue weighted by Crippen LogP contribution is -2.49. The molecule has 144 valence electrons. The standard InChI is InChI=1S/C18H24ClNO6/c1-5-24-17-14(19)6-13(7-15(17)23-4)18(22)25-10-16(21)20-8-11(2)26-12(3)9-20/h6-7,11-12H,5,8-10H2,1-4H3/t11-,12-/m0/s1. The lowest BCUT2D eigenvalue weighted by Gasteiger charge is -2.35. The molecule has 2 atom stereocenters. The van der Waals surface area contributed by atoms with Crippen molar-refractivity contribution in [3.8, 4) is 11.5 Å². The summed E-state index contributed by atoms with van der Waals surface area (Å²) in [6.45, 7) is 6.63. The molecule has 0 bridgehead atoms. The number of nitrogens with zero attached hydrogens (tertiary/aromatic N) is 1.